The number of benzene rings is 1. The summed E-state index contributed by atoms with van der Waals surface area (Å²) in [6, 6.07) is 16.3. The van der Waals surface area contributed by atoms with Crippen molar-refractivity contribution in [2.75, 3.05) is 0 Å². The number of aryl methyl sites for hydroxylation is 1. The van der Waals surface area contributed by atoms with Crippen LogP contribution >= 0.6 is 68.0 Å². The Balaban J connectivity index is 1.48. The summed E-state index contributed by atoms with van der Waals surface area (Å²) in [7, 11) is 0. The van der Waals surface area contributed by atoms with Crippen LogP contribution in [0.4, 0.5) is 0 Å². The second kappa shape index (κ2) is 8.84. The molecule has 7 aromatic rings. The van der Waals surface area contributed by atoms with Crippen LogP contribution in [0.5, 0.6) is 0 Å². The van der Waals surface area contributed by atoms with E-state index in [2.05, 4.69) is 60.1 Å². The molecule has 0 aliphatic heterocycles. The van der Waals surface area contributed by atoms with Crippen LogP contribution in [0, 0.1) is 0 Å². The van der Waals surface area contributed by atoms with Gasteiger partial charge in [-0.2, -0.15) is 0 Å². The van der Waals surface area contributed by atoms with E-state index in [1.807, 2.05) is 68.0 Å². The average molecular weight is 551 g/mol. The van der Waals surface area contributed by atoms with E-state index in [-0.39, 0.29) is 0 Å². The fourth-order valence-electron chi connectivity index (χ4n) is 4.77. The average Bonchev–Trinajstić information content (AvgIpc) is 3.66. The van der Waals surface area contributed by atoms with E-state index in [1.165, 1.54) is 91.3 Å². The van der Waals surface area contributed by atoms with E-state index in [0.29, 0.717) is 0 Å². The summed E-state index contributed by atoms with van der Waals surface area (Å²) in [5.41, 5.74) is 0. The van der Waals surface area contributed by atoms with Crippen LogP contribution in [0.2, 0.25) is 0 Å². The number of hydrogen-bond donors (Lipinski definition) is 0. The zero-order valence-electron chi connectivity index (χ0n) is 18.7. The SMILES string of the molecule is CCCCCCc1cc2sc3c4cc(-c5cccs5)sc4c4sc(-c5cccs5)cc4c3c2s1. The zero-order chi connectivity index (χ0) is 22.6. The Morgan fingerprint density at radius 3 is 2.00 bits per heavy atom. The highest BCUT2D eigenvalue weighted by atomic mass is 32.1. The van der Waals surface area contributed by atoms with Crippen LogP contribution in [-0.2, 0) is 6.42 Å². The van der Waals surface area contributed by atoms with Gasteiger partial charge in [-0.05, 0) is 53.9 Å². The lowest BCUT2D eigenvalue weighted by Crippen LogP contribution is -1.80. The normalized spacial score (nSPS) is 12.3. The van der Waals surface area contributed by atoms with Gasteiger partial charge in [0.05, 0.1) is 14.1 Å². The van der Waals surface area contributed by atoms with Gasteiger partial charge in [-0.15, -0.1) is 68.0 Å². The number of hydrogen-bond acceptors (Lipinski definition) is 6. The molecule has 0 bridgehead atoms. The molecule has 0 radical (unpaired) electrons. The lowest BCUT2D eigenvalue weighted by molar-refractivity contribution is 0.670. The molecular formula is C28H22S6. The summed E-state index contributed by atoms with van der Waals surface area (Å²) in [4.78, 5) is 7.13. The van der Waals surface area contributed by atoms with Crippen molar-refractivity contribution < 1.29 is 0 Å². The van der Waals surface area contributed by atoms with Crippen molar-refractivity contribution in [2.45, 2.75) is 39.0 Å². The quantitative estimate of drug-likeness (QED) is 0.173. The van der Waals surface area contributed by atoms with Crippen LogP contribution in [0.3, 0.4) is 0 Å². The number of rotatable bonds is 7. The fraction of sp³-hybridized carbons (Fsp3) is 0.214. The van der Waals surface area contributed by atoms with Gasteiger partial charge in [0.15, 0.2) is 0 Å². The van der Waals surface area contributed by atoms with Crippen molar-refractivity contribution in [2.24, 2.45) is 0 Å². The summed E-state index contributed by atoms with van der Waals surface area (Å²) in [5, 5.41) is 8.79. The Hall–Kier alpha value is -1.54. The van der Waals surface area contributed by atoms with Gasteiger partial charge in [0, 0.05) is 49.9 Å². The number of thiophene rings is 6. The van der Waals surface area contributed by atoms with Gasteiger partial charge >= 0.3 is 0 Å². The third-order valence-corrected chi connectivity index (χ3v) is 13.5. The maximum Gasteiger partial charge on any atom is 0.0542 e. The summed E-state index contributed by atoms with van der Waals surface area (Å²) < 4.78 is 7.41. The highest BCUT2D eigenvalue weighted by molar-refractivity contribution is 7.36. The van der Waals surface area contributed by atoms with Crippen molar-refractivity contribution >= 4 is 108 Å². The maximum atomic E-state index is 2.49. The zero-order valence-corrected chi connectivity index (χ0v) is 23.6. The molecule has 0 spiro atoms. The topological polar surface area (TPSA) is 0 Å². The molecule has 6 heterocycles. The molecule has 0 fully saturated rings. The molecule has 0 unspecified atom stereocenters. The molecule has 0 aliphatic carbocycles. The largest absolute Gasteiger partial charge is 0.143 e. The lowest BCUT2D eigenvalue weighted by atomic mass is 10.1. The van der Waals surface area contributed by atoms with Crippen molar-refractivity contribution in [1.29, 1.82) is 0 Å². The lowest BCUT2D eigenvalue weighted by Gasteiger charge is -1.99. The van der Waals surface area contributed by atoms with E-state index < -0.39 is 0 Å². The molecule has 0 aliphatic rings. The highest BCUT2D eigenvalue weighted by Gasteiger charge is 2.21. The molecular weight excluding hydrogens is 529 g/mol. The Kier molecular flexibility index (Phi) is 5.65. The molecule has 0 saturated heterocycles. The molecule has 6 heteroatoms. The minimum Gasteiger partial charge on any atom is -0.143 e. The van der Waals surface area contributed by atoms with Gasteiger partial charge in [0.2, 0.25) is 0 Å². The first-order valence-electron chi connectivity index (χ1n) is 11.7. The third kappa shape index (κ3) is 3.54. The van der Waals surface area contributed by atoms with Crippen molar-refractivity contribution in [3.05, 3.63) is 58.1 Å². The van der Waals surface area contributed by atoms with Gasteiger partial charge in [-0.3, -0.25) is 0 Å². The minimum atomic E-state index is 1.23. The summed E-state index contributed by atoms with van der Waals surface area (Å²) >= 11 is 11.7. The van der Waals surface area contributed by atoms with Crippen molar-refractivity contribution in [1.82, 2.24) is 0 Å². The predicted molar refractivity (Wildman–Crippen MR) is 162 cm³/mol. The smallest absolute Gasteiger partial charge is 0.0542 e. The molecule has 6 aromatic heterocycles. The fourth-order valence-corrected chi connectivity index (χ4v) is 11.7. The number of unbranched alkanes of at least 4 members (excludes halogenated alkanes) is 3. The second-order valence-corrected chi connectivity index (χ2v) is 14.9. The minimum absolute atomic E-state index is 1.23. The van der Waals surface area contributed by atoms with Crippen LogP contribution in [0.15, 0.2) is 53.2 Å². The van der Waals surface area contributed by atoms with Crippen LogP contribution < -0.4 is 0 Å². The summed E-state index contributed by atoms with van der Waals surface area (Å²) in [6.07, 6.45) is 6.55. The van der Waals surface area contributed by atoms with E-state index >= 15 is 0 Å². The van der Waals surface area contributed by atoms with E-state index in [4.69, 9.17) is 0 Å². The molecule has 34 heavy (non-hydrogen) atoms. The second-order valence-electron chi connectivity index (χ2n) is 8.68. The maximum absolute atomic E-state index is 2.49. The van der Waals surface area contributed by atoms with Crippen LogP contribution in [-0.4, -0.2) is 0 Å². The Labute approximate surface area is 222 Å². The van der Waals surface area contributed by atoms with Gasteiger partial charge in [0.1, 0.15) is 0 Å². The Bertz CT molecular complexity index is 1730. The molecule has 0 saturated carbocycles. The van der Waals surface area contributed by atoms with Gasteiger partial charge in [-0.25, -0.2) is 0 Å². The Morgan fingerprint density at radius 1 is 0.618 bits per heavy atom. The van der Waals surface area contributed by atoms with Crippen LogP contribution in [0.1, 0.15) is 37.5 Å². The number of fused-ring (bicyclic) bond motifs is 8. The van der Waals surface area contributed by atoms with E-state index in [1.54, 1.807) is 4.88 Å². The van der Waals surface area contributed by atoms with Gasteiger partial charge in [-0.1, -0.05) is 38.3 Å². The molecule has 0 N–H and O–H groups in total. The first kappa shape index (κ1) is 21.7. The third-order valence-electron chi connectivity index (χ3n) is 6.40. The first-order chi connectivity index (χ1) is 16.8. The van der Waals surface area contributed by atoms with E-state index in [0.717, 1.165) is 0 Å². The monoisotopic (exact) mass is 550 g/mol. The molecule has 1 aromatic carbocycles. The molecule has 170 valence electrons. The Morgan fingerprint density at radius 2 is 1.32 bits per heavy atom. The molecule has 7 rings (SSSR count). The predicted octanol–water partition coefficient (Wildman–Crippen LogP) is 12.1. The standard InChI is InChI=1S/C28H22S6/c1-2-3-4-5-8-16-13-23-28(31-16)24-17-14-21(19-9-6-11-29-19)32-26(17)27-18(25(24)34-23)15-22(33-27)20-10-7-12-30-20/h6-7,9-15H,2-5,8H2,1H3. The van der Waals surface area contributed by atoms with Crippen LogP contribution in [0.25, 0.3) is 59.2 Å². The van der Waals surface area contributed by atoms with Crippen molar-refractivity contribution in [3.63, 3.8) is 0 Å². The highest BCUT2D eigenvalue weighted by Crippen LogP contribution is 2.53. The molecule has 0 atom stereocenters. The van der Waals surface area contributed by atoms with E-state index in [9.17, 15) is 0 Å². The van der Waals surface area contributed by atoms with Crippen molar-refractivity contribution in [3.8, 4) is 19.5 Å². The summed E-state index contributed by atoms with van der Waals surface area (Å²) in [6.45, 7) is 2.29. The first-order valence-corrected chi connectivity index (χ1v) is 16.7. The molecule has 0 nitrogen and oxygen atoms in total. The van der Waals surface area contributed by atoms with Gasteiger partial charge < -0.3 is 0 Å². The van der Waals surface area contributed by atoms with Gasteiger partial charge in [0.25, 0.3) is 0 Å². The summed E-state index contributed by atoms with van der Waals surface area (Å²) in [5.74, 6) is 0. The molecule has 0 amide bonds.